The lowest BCUT2D eigenvalue weighted by molar-refractivity contribution is -0.133. The van der Waals surface area contributed by atoms with Crippen LogP contribution >= 0.6 is 0 Å². The van der Waals surface area contributed by atoms with Crippen LogP contribution in [0.25, 0.3) is 0 Å². The molecule has 35 heavy (non-hydrogen) atoms. The van der Waals surface area contributed by atoms with Crippen molar-refractivity contribution in [1.29, 1.82) is 0 Å². The van der Waals surface area contributed by atoms with E-state index in [9.17, 15) is 18.8 Å². The summed E-state index contributed by atoms with van der Waals surface area (Å²) in [5.41, 5.74) is 0.692. The molecule has 0 saturated carbocycles. The molecule has 3 aromatic rings. The summed E-state index contributed by atoms with van der Waals surface area (Å²) in [5, 5.41) is 5.68. The van der Waals surface area contributed by atoms with Gasteiger partial charge in [0.05, 0.1) is 12.9 Å². The van der Waals surface area contributed by atoms with Crippen LogP contribution < -0.4 is 10.6 Å². The molecule has 1 aromatic heterocycles. The van der Waals surface area contributed by atoms with Crippen LogP contribution in [0.4, 0.5) is 4.39 Å². The number of benzene rings is 2. The molecule has 2 heterocycles. The van der Waals surface area contributed by atoms with E-state index in [0.717, 1.165) is 11.1 Å². The van der Waals surface area contributed by atoms with Crippen molar-refractivity contribution < 1.29 is 18.8 Å². The van der Waals surface area contributed by atoms with Crippen molar-refractivity contribution in [3.8, 4) is 0 Å². The molecule has 1 aliphatic rings. The number of rotatable bonds is 8. The Kier molecular flexibility index (Phi) is 6.95. The minimum Gasteiger partial charge on any atom is -0.350 e. The van der Waals surface area contributed by atoms with E-state index < -0.39 is 17.4 Å². The van der Waals surface area contributed by atoms with Crippen molar-refractivity contribution in [2.75, 3.05) is 6.54 Å². The summed E-state index contributed by atoms with van der Waals surface area (Å²) in [4.78, 5) is 45.5. The van der Waals surface area contributed by atoms with Gasteiger partial charge in [0.15, 0.2) is 5.69 Å². The van der Waals surface area contributed by atoms with Crippen molar-refractivity contribution in [3.63, 3.8) is 0 Å². The number of hydrogen-bond acceptors (Lipinski definition) is 4. The number of nitrogens with one attached hydrogen (secondary N) is 2. The van der Waals surface area contributed by atoms with Gasteiger partial charge in [-0.15, -0.1) is 0 Å². The highest BCUT2D eigenvalue weighted by molar-refractivity contribution is 6.07. The number of hydrogen-bond donors (Lipinski definition) is 2. The predicted molar refractivity (Wildman–Crippen MR) is 128 cm³/mol. The Balaban J connectivity index is 1.54. The highest BCUT2D eigenvalue weighted by atomic mass is 19.1. The first-order valence-corrected chi connectivity index (χ1v) is 11.6. The van der Waals surface area contributed by atoms with Gasteiger partial charge in [0.25, 0.3) is 11.8 Å². The number of nitrogens with zero attached hydrogens (tertiary/aromatic N) is 3. The third-order valence-corrected chi connectivity index (χ3v) is 6.17. The molecule has 0 spiro atoms. The minimum absolute atomic E-state index is 0.00459. The van der Waals surface area contributed by atoms with Gasteiger partial charge in [0.1, 0.15) is 17.1 Å². The Morgan fingerprint density at radius 1 is 1.03 bits per heavy atom. The monoisotopic (exact) mass is 477 g/mol. The van der Waals surface area contributed by atoms with E-state index in [1.807, 2.05) is 37.3 Å². The molecule has 9 heteroatoms. The molecule has 182 valence electrons. The first-order chi connectivity index (χ1) is 16.8. The minimum atomic E-state index is -1.14. The quantitative estimate of drug-likeness (QED) is 0.522. The van der Waals surface area contributed by atoms with Crippen molar-refractivity contribution >= 4 is 17.7 Å². The molecule has 1 aliphatic heterocycles. The van der Waals surface area contributed by atoms with Gasteiger partial charge in [-0.1, -0.05) is 49.4 Å². The van der Waals surface area contributed by atoms with Crippen LogP contribution in [0.1, 0.15) is 52.4 Å². The second-order valence-electron chi connectivity index (χ2n) is 8.78. The van der Waals surface area contributed by atoms with E-state index in [1.165, 1.54) is 23.4 Å². The second-order valence-corrected chi connectivity index (χ2v) is 8.78. The molecular formula is C26H28FN5O3. The first-order valence-electron chi connectivity index (χ1n) is 11.6. The Bertz CT molecular complexity index is 1230. The molecule has 3 amide bonds. The number of imidazole rings is 1. The van der Waals surface area contributed by atoms with Crippen molar-refractivity contribution in [2.45, 2.75) is 45.4 Å². The van der Waals surface area contributed by atoms with Gasteiger partial charge in [0, 0.05) is 19.6 Å². The zero-order chi connectivity index (χ0) is 25.0. The zero-order valence-electron chi connectivity index (χ0n) is 19.8. The predicted octanol–water partition coefficient (Wildman–Crippen LogP) is 2.89. The summed E-state index contributed by atoms with van der Waals surface area (Å²) in [7, 11) is 0. The SMILES string of the molecule is CCCN1C(=O)c2c(C(=O)NCc3ccc(F)cc3)ncn2CC1(C)C(=O)NCc1ccccc1. The Morgan fingerprint density at radius 2 is 1.69 bits per heavy atom. The number of halogens is 1. The molecule has 0 radical (unpaired) electrons. The molecule has 2 N–H and O–H groups in total. The van der Waals surface area contributed by atoms with Crippen LogP contribution in [0, 0.1) is 5.82 Å². The molecule has 0 aliphatic carbocycles. The van der Waals surface area contributed by atoms with Gasteiger partial charge in [-0.3, -0.25) is 14.4 Å². The molecule has 1 unspecified atom stereocenters. The maximum absolute atomic E-state index is 13.6. The van der Waals surface area contributed by atoms with Gasteiger partial charge in [-0.25, -0.2) is 9.37 Å². The largest absolute Gasteiger partial charge is 0.350 e. The fourth-order valence-electron chi connectivity index (χ4n) is 4.26. The van der Waals surface area contributed by atoms with Crippen molar-refractivity contribution in [2.24, 2.45) is 0 Å². The van der Waals surface area contributed by atoms with E-state index in [2.05, 4.69) is 15.6 Å². The Labute approximate surface area is 203 Å². The summed E-state index contributed by atoms with van der Waals surface area (Å²) < 4.78 is 14.7. The summed E-state index contributed by atoms with van der Waals surface area (Å²) in [5.74, 6) is -1.56. The highest BCUT2D eigenvalue weighted by Crippen LogP contribution is 2.29. The van der Waals surface area contributed by atoms with E-state index in [1.54, 1.807) is 23.6 Å². The lowest BCUT2D eigenvalue weighted by Crippen LogP contribution is -2.64. The fourth-order valence-corrected chi connectivity index (χ4v) is 4.26. The van der Waals surface area contributed by atoms with Crippen LogP contribution in [-0.2, 0) is 24.4 Å². The van der Waals surface area contributed by atoms with Gasteiger partial charge < -0.3 is 20.1 Å². The number of carbonyl (C=O) groups excluding carboxylic acids is 3. The van der Waals surface area contributed by atoms with E-state index in [0.29, 0.717) is 19.5 Å². The van der Waals surface area contributed by atoms with Gasteiger partial charge >= 0.3 is 0 Å². The van der Waals surface area contributed by atoms with Crippen molar-refractivity contribution in [3.05, 3.63) is 89.3 Å². The zero-order valence-corrected chi connectivity index (χ0v) is 19.8. The van der Waals surface area contributed by atoms with E-state index in [-0.39, 0.29) is 36.2 Å². The molecule has 0 fully saturated rings. The van der Waals surface area contributed by atoms with Crippen LogP contribution in [0.2, 0.25) is 0 Å². The van der Waals surface area contributed by atoms with Gasteiger partial charge in [-0.2, -0.15) is 0 Å². The second kappa shape index (κ2) is 10.1. The molecular weight excluding hydrogens is 449 g/mol. The number of fused-ring (bicyclic) bond motifs is 1. The third-order valence-electron chi connectivity index (χ3n) is 6.17. The lowest BCUT2D eigenvalue weighted by atomic mass is 9.94. The highest BCUT2D eigenvalue weighted by Gasteiger charge is 2.48. The normalized spacial score (nSPS) is 17.1. The smallest absolute Gasteiger partial charge is 0.273 e. The maximum Gasteiger partial charge on any atom is 0.273 e. The van der Waals surface area contributed by atoms with Crippen LogP contribution in [0.5, 0.6) is 0 Å². The third kappa shape index (κ3) is 4.94. The average molecular weight is 478 g/mol. The molecule has 0 bridgehead atoms. The molecule has 2 aromatic carbocycles. The summed E-state index contributed by atoms with van der Waals surface area (Å²) in [6.45, 7) is 4.70. The maximum atomic E-state index is 13.6. The Morgan fingerprint density at radius 3 is 2.37 bits per heavy atom. The van der Waals surface area contributed by atoms with Crippen molar-refractivity contribution in [1.82, 2.24) is 25.1 Å². The summed E-state index contributed by atoms with van der Waals surface area (Å²) >= 11 is 0. The first kappa shape index (κ1) is 24.1. The van der Waals surface area contributed by atoms with Gasteiger partial charge in [0.2, 0.25) is 5.91 Å². The average Bonchev–Trinajstić information content (AvgIpc) is 3.29. The molecule has 4 rings (SSSR count). The molecule has 1 atom stereocenters. The number of carbonyl (C=O) groups is 3. The van der Waals surface area contributed by atoms with E-state index in [4.69, 9.17) is 0 Å². The van der Waals surface area contributed by atoms with E-state index >= 15 is 0 Å². The molecule has 8 nitrogen and oxygen atoms in total. The number of aromatic nitrogens is 2. The topological polar surface area (TPSA) is 96.3 Å². The standard InChI is InChI=1S/C26H28FN5O3/c1-3-13-32-24(34)22-21(23(33)28-14-19-9-11-20(27)12-10-19)30-17-31(22)16-26(32,2)25(35)29-15-18-7-5-4-6-8-18/h4-12,17H,3,13-16H2,1-2H3,(H,28,33)(H,29,35). The van der Waals surface area contributed by atoms with Crippen LogP contribution in [-0.4, -0.2) is 44.3 Å². The van der Waals surface area contributed by atoms with Crippen LogP contribution in [0.15, 0.2) is 60.9 Å². The molecule has 0 saturated heterocycles. The summed E-state index contributed by atoms with van der Waals surface area (Å²) in [6, 6.07) is 15.3. The fraction of sp³-hybridized carbons (Fsp3) is 0.308. The number of amides is 3. The van der Waals surface area contributed by atoms with Gasteiger partial charge in [-0.05, 0) is 36.6 Å². The van der Waals surface area contributed by atoms with Crippen LogP contribution in [0.3, 0.4) is 0 Å². The Hall–Kier alpha value is -4.01. The lowest BCUT2D eigenvalue weighted by Gasteiger charge is -2.43. The summed E-state index contributed by atoms with van der Waals surface area (Å²) in [6.07, 6.45) is 2.07.